The van der Waals surface area contributed by atoms with Crippen LogP contribution in [0.15, 0.2) is 48.5 Å². The second-order valence-corrected chi connectivity index (χ2v) is 7.93. The number of nitrogens with one attached hydrogen (secondary N) is 3. The van der Waals surface area contributed by atoms with Gasteiger partial charge in [0.15, 0.2) is 0 Å². The van der Waals surface area contributed by atoms with Gasteiger partial charge in [0.2, 0.25) is 5.91 Å². The second-order valence-electron chi connectivity index (χ2n) is 7.93. The summed E-state index contributed by atoms with van der Waals surface area (Å²) in [6.45, 7) is 4.89. The van der Waals surface area contributed by atoms with Crippen LogP contribution in [0.25, 0.3) is 0 Å². The minimum Gasteiger partial charge on any atom is -0.351 e. The number of nitrogens with two attached hydrogens (primary N) is 1. The molecule has 2 atom stereocenters. The molecular formula is C23H29N5O3. The first kappa shape index (κ1) is 22.1. The molecule has 8 nitrogen and oxygen atoms in total. The molecule has 0 aliphatic carbocycles. The number of carbonyl (C=O) groups excluding carboxylic acids is 3. The smallest absolute Gasteiger partial charge is 0.321 e. The van der Waals surface area contributed by atoms with Crippen LogP contribution >= 0.6 is 0 Å². The molecule has 1 aliphatic rings. The molecule has 1 saturated heterocycles. The molecule has 31 heavy (non-hydrogen) atoms. The second kappa shape index (κ2) is 9.97. The molecule has 2 unspecified atom stereocenters. The van der Waals surface area contributed by atoms with Crippen LogP contribution in [-0.4, -0.2) is 36.0 Å². The number of hydrogen-bond donors (Lipinski definition) is 4. The van der Waals surface area contributed by atoms with E-state index in [4.69, 9.17) is 5.73 Å². The number of likely N-dealkylation sites (tertiary alicyclic amines) is 1. The number of amides is 5. The van der Waals surface area contributed by atoms with Crippen molar-refractivity contribution >= 4 is 29.3 Å². The minimum absolute atomic E-state index is 0.0695. The maximum absolute atomic E-state index is 12.8. The van der Waals surface area contributed by atoms with E-state index in [1.54, 1.807) is 17.0 Å². The Morgan fingerprint density at radius 1 is 1.06 bits per heavy atom. The van der Waals surface area contributed by atoms with E-state index in [0.717, 1.165) is 29.7 Å². The molecule has 3 rings (SSSR count). The van der Waals surface area contributed by atoms with Crippen molar-refractivity contribution in [2.75, 3.05) is 23.7 Å². The summed E-state index contributed by atoms with van der Waals surface area (Å²) in [5.74, 6) is -0.324. The third-order valence-electron chi connectivity index (χ3n) is 5.39. The standard InChI is InChI=1S/C23H29N5O3/c1-15-5-3-7-20(13-15)27-23(31)28-12-4-6-18(14-28)21(29)25-16(2)17-8-10-19(11-9-17)26-22(24)30/h3,5,7-11,13,16,18H,4,6,12,14H2,1-2H3,(H,25,29)(H,27,31)(H3,24,26,30). The van der Waals surface area contributed by atoms with Crippen LogP contribution in [0.4, 0.5) is 21.0 Å². The van der Waals surface area contributed by atoms with E-state index in [0.29, 0.717) is 18.8 Å². The monoisotopic (exact) mass is 423 g/mol. The van der Waals surface area contributed by atoms with Gasteiger partial charge < -0.3 is 26.6 Å². The normalized spacial score (nSPS) is 16.8. The van der Waals surface area contributed by atoms with Crippen molar-refractivity contribution in [3.8, 4) is 0 Å². The number of benzene rings is 2. The van der Waals surface area contributed by atoms with Gasteiger partial charge in [0.1, 0.15) is 0 Å². The lowest BCUT2D eigenvalue weighted by Crippen LogP contribution is -2.47. The van der Waals surface area contributed by atoms with Crippen molar-refractivity contribution < 1.29 is 14.4 Å². The van der Waals surface area contributed by atoms with Crippen LogP contribution in [0.5, 0.6) is 0 Å². The Hall–Kier alpha value is -3.55. The molecular weight excluding hydrogens is 394 g/mol. The lowest BCUT2D eigenvalue weighted by molar-refractivity contribution is -0.126. The number of urea groups is 2. The molecule has 2 aromatic carbocycles. The van der Waals surface area contributed by atoms with Crippen molar-refractivity contribution in [1.29, 1.82) is 0 Å². The molecule has 5 N–H and O–H groups in total. The van der Waals surface area contributed by atoms with Crippen molar-refractivity contribution in [3.63, 3.8) is 0 Å². The molecule has 5 amide bonds. The molecule has 0 radical (unpaired) electrons. The van der Waals surface area contributed by atoms with Crippen LogP contribution < -0.4 is 21.7 Å². The summed E-state index contributed by atoms with van der Waals surface area (Å²) in [5.41, 5.74) is 8.44. The van der Waals surface area contributed by atoms with Gasteiger partial charge in [-0.2, -0.15) is 0 Å². The van der Waals surface area contributed by atoms with Crippen molar-refractivity contribution in [1.82, 2.24) is 10.2 Å². The number of anilines is 2. The average molecular weight is 424 g/mol. The first-order valence-corrected chi connectivity index (χ1v) is 10.4. The fourth-order valence-corrected chi connectivity index (χ4v) is 3.71. The SMILES string of the molecule is Cc1cccc(NC(=O)N2CCCC(C(=O)NC(C)c3ccc(NC(N)=O)cc3)C2)c1. The summed E-state index contributed by atoms with van der Waals surface area (Å²) >= 11 is 0. The van der Waals surface area contributed by atoms with E-state index in [9.17, 15) is 14.4 Å². The van der Waals surface area contributed by atoms with Gasteiger partial charge in [-0.1, -0.05) is 24.3 Å². The Morgan fingerprint density at radius 2 is 1.81 bits per heavy atom. The molecule has 1 heterocycles. The van der Waals surface area contributed by atoms with Gasteiger partial charge in [0, 0.05) is 24.5 Å². The number of hydrogen-bond acceptors (Lipinski definition) is 3. The van der Waals surface area contributed by atoms with Gasteiger partial charge in [-0.3, -0.25) is 4.79 Å². The first-order valence-electron chi connectivity index (χ1n) is 10.4. The molecule has 0 saturated carbocycles. The van der Waals surface area contributed by atoms with Gasteiger partial charge in [-0.25, -0.2) is 9.59 Å². The zero-order valence-corrected chi connectivity index (χ0v) is 17.9. The van der Waals surface area contributed by atoms with E-state index in [-0.39, 0.29) is 23.9 Å². The van der Waals surface area contributed by atoms with E-state index in [2.05, 4.69) is 16.0 Å². The highest BCUT2D eigenvalue weighted by Crippen LogP contribution is 2.21. The minimum atomic E-state index is -0.623. The number of carbonyl (C=O) groups is 3. The van der Waals surface area contributed by atoms with Crippen LogP contribution in [0.1, 0.15) is 36.9 Å². The number of rotatable bonds is 5. The first-order chi connectivity index (χ1) is 14.8. The zero-order valence-electron chi connectivity index (χ0n) is 17.9. The highest BCUT2D eigenvalue weighted by molar-refractivity contribution is 5.90. The fraction of sp³-hybridized carbons (Fsp3) is 0.348. The van der Waals surface area contributed by atoms with Gasteiger partial charge >= 0.3 is 12.1 Å². The summed E-state index contributed by atoms with van der Waals surface area (Å²) in [4.78, 5) is 38.1. The van der Waals surface area contributed by atoms with E-state index < -0.39 is 6.03 Å². The van der Waals surface area contributed by atoms with Crippen LogP contribution in [0.3, 0.4) is 0 Å². The molecule has 1 fully saturated rings. The lowest BCUT2D eigenvalue weighted by Gasteiger charge is -2.32. The van der Waals surface area contributed by atoms with Gasteiger partial charge in [-0.15, -0.1) is 0 Å². The molecule has 0 spiro atoms. The lowest BCUT2D eigenvalue weighted by atomic mass is 9.96. The Labute approximate surface area is 182 Å². The number of aryl methyl sites for hydroxylation is 1. The maximum Gasteiger partial charge on any atom is 0.321 e. The summed E-state index contributed by atoms with van der Waals surface area (Å²) in [6, 6.07) is 13.8. The Bertz CT molecular complexity index is 944. The Morgan fingerprint density at radius 3 is 2.48 bits per heavy atom. The van der Waals surface area contributed by atoms with Gasteiger partial charge in [0.25, 0.3) is 0 Å². The fourth-order valence-electron chi connectivity index (χ4n) is 3.71. The molecule has 1 aliphatic heterocycles. The molecule has 2 aromatic rings. The largest absolute Gasteiger partial charge is 0.351 e. The predicted molar refractivity (Wildman–Crippen MR) is 121 cm³/mol. The van der Waals surface area contributed by atoms with Gasteiger partial charge in [0.05, 0.1) is 12.0 Å². The molecule has 0 bridgehead atoms. The third-order valence-corrected chi connectivity index (χ3v) is 5.39. The summed E-state index contributed by atoms with van der Waals surface area (Å²) in [7, 11) is 0. The summed E-state index contributed by atoms with van der Waals surface area (Å²) in [5, 5.41) is 8.45. The third kappa shape index (κ3) is 6.21. The Kier molecular flexibility index (Phi) is 7.12. The number of primary amides is 1. The van der Waals surface area contributed by atoms with Crippen LogP contribution in [-0.2, 0) is 4.79 Å². The topological polar surface area (TPSA) is 117 Å². The van der Waals surface area contributed by atoms with E-state index >= 15 is 0 Å². The number of piperidine rings is 1. The van der Waals surface area contributed by atoms with Gasteiger partial charge in [-0.05, 0) is 62.1 Å². The average Bonchev–Trinajstić information content (AvgIpc) is 2.74. The molecule has 8 heteroatoms. The highest BCUT2D eigenvalue weighted by Gasteiger charge is 2.29. The summed E-state index contributed by atoms with van der Waals surface area (Å²) < 4.78 is 0. The van der Waals surface area contributed by atoms with Crippen LogP contribution in [0, 0.1) is 12.8 Å². The van der Waals surface area contributed by atoms with E-state index in [1.807, 2.05) is 50.2 Å². The van der Waals surface area contributed by atoms with Crippen molar-refractivity contribution in [3.05, 3.63) is 59.7 Å². The van der Waals surface area contributed by atoms with Crippen LogP contribution in [0.2, 0.25) is 0 Å². The summed E-state index contributed by atoms with van der Waals surface area (Å²) in [6.07, 6.45) is 1.52. The molecule has 164 valence electrons. The van der Waals surface area contributed by atoms with E-state index in [1.165, 1.54) is 0 Å². The van der Waals surface area contributed by atoms with Crippen molar-refractivity contribution in [2.24, 2.45) is 11.7 Å². The van der Waals surface area contributed by atoms with Crippen molar-refractivity contribution in [2.45, 2.75) is 32.7 Å². The molecule has 0 aromatic heterocycles. The quantitative estimate of drug-likeness (QED) is 0.588. The number of nitrogens with zero attached hydrogens (tertiary/aromatic N) is 1. The Balaban J connectivity index is 1.55. The predicted octanol–water partition coefficient (Wildman–Crippen LogP) is 3.61. The highest BCUT2D eigenvalue weighted by atomic mass is 16.2. The maximum atomic E-state index is 12.8. The zero-order chi connectivity index (χ0) is 22.4.